The predicted octanol–water partition coefficient (Wildman–Crippen LogP) is 2.11. The van der Waals surface area contributed by atoms with E-state index in [2.05, 4.69) is 30.3 Å². The summed E-state index contributed by atoms with van der Waals surface area (Å²) in [6.45, 7) is 2.89. The van der Waals surface area contributed by atoms with E-state index in [4.69, 9.17) is 0 Å². The Bertz CT molecular complexity index is 1020. The van der Waals surface area contributed by atoms with Crippen molar-refractivity contribution in [3.8, 4) is 5.82 Å². The Morgan fingerprint density at radius 1 is 1.14 bits per heavy atom. The van der Waals surface area contributed by atoms with E-state index in [1.165, 1.54) is 19.6 Å². The molecular weight excluding hydrogens is 370 g/mol. The molecule has 9 heteroatoms. The van der Waals surface area contributed by atoms with E-state index in [1.807, 2.05) is 6.07 Å². The Morgan fingerprint density at radius 3 is 2.79 bits per heavy atom. The molecule has 9 nitrogen and oxygen atoms in total. The van der Waals surface area contributed by atoms with E-state index in [1.54, 1.807) is 35.3 Å². The molecule has 0 saturated carbocycles. The summed E-state index contributed by atoms with van der Waals surface area (Å²) in [5.74, 6) is 1.12. The van der Waals surface area contributed by atoms with E-state index in [0.717, 1.165) is 25.2 Å². The highest BCUT2D eigenvalue weighted by atomic mass is 16.2. The first-order valence-electron chi connectivity index (χ1n) is 9.44. The van der Waals surface area contributed by atoms with Crippen LogP contribution in [-0.2, 0) is 4.79 Å². The summed E-state index contributed by atoms with van der Waals surface area (Å²) in [6.07, 6.45) is 6.20. The molecule has 1 aliphatic heterocycles. The number of hydrogen-bond donors (Lipinski definition) is 1. The highest BCUT2D eigenvalue weighted by Crippen LogP contribution is 2.24. The lowest BCUT2D eigenvalue weighted by Crippen LogP contribution is -2.41. The summed E-state index contributed by atoms with van der Waals surface area (Å²) in [6, 6.07) is 8.84. The quantitative estimate of drug-likeness (QED) is 0.664. The number of aromatic nitrogens is 5. The number of anilines is 2. The third-order valence-corrected chi connectivity index (χ3v) is 4.94. The number of carbonyl (C=O) groups excluding carboxylic acids is 2. The molecule has 4 rings (SSSR count). The van der Waals surface area contributed by atoms with Crippen LogP contribution < -0.4 is 10.2 Å². The van der Waals surface area contributed by atoms with Gasteiger partial charge in [-0.25, -0.2) is 19.6 Å². The smallest absolute Gasteiger partial charge is 0.229 e. The number of ketones is 1. The highest BCUT2D eigenvalue weighted by Gasteiger charge is 2.27. The maximum absolute atomic E-state index is 12.8. The molecule has 0 bridgehead atoms. The fraction of sp³-hybridized carbons (Fsp3) is 0.300. The number of benzene rings is 1. The Kier molecular flexibility index (Phi) is 5.28. The van der Waals surface area contributed by atoms with Crippen molar-refractivity contribution >= 4 is 23.2 Å². The number of amides is 1. The fourth-order valence-electron chi connectivity index (χ4n) is 3.42. The second-order valence-corrected chi connectivity index (χ2v) is 6.99. The first kappa shape index (κ1) is 18.7. The standard InChI is InChI=1S/C20H21N7O2/c1-14(28)15-4-2-6-17(8-15)25-20(29)16-5-3-7-26(10-16)18-9-19(23-12-22-18)27-13-21-11-24-27/h2,4,6,8-9,11-13,16H,3,5,7,10H2,1H3,(H,25,29). The topological polar surface area (TPSA) is 106 Å². The van der Waals surface area contributed by atoms with Crippen molar-refractivity contribution in [1.29, 1.82) is 0 Å². The van der Waals surface area contributed by atoms with Gasteiger partial charge in [0.15, 0.2) is 11.6 Å². The molecule has 3 heterocycles. The molecule has 1 saturated heterocycles. The van der Waals surface area contributed by atoms with Gasteiger partial charge in [0.2, 0.25) is 5.91 Å². The Hall–Kier alpha value is -3.62. The van der Waals surface area contributed by atoms with E-state index in [0.29, 0.717) is 23.6 Å². The summed E-state index contributed by atoms with van der Waals surface area (Å²) in [4.78, 5) is 39.0. The van der Waals surface area contributed by atoms with Gasteiger partial charge in [0.1, 0.15) is 24.8 Å². The first-order valence-corrected chi connectivity index (χ1v) is 9.44. The molecule has 1 fully saturated rings. The van der Waals surface area contributed by atoms with Crippen molar-refractivity contribution in [3.63, 3.8) is 0 Å². The molecule has 1 N–H and O–H groups in total. The average Bonchev–Trinajstić information content (AvgIpc) is 3.29. The van der Waals surface area contributed by atoms with Crippen molar-refractivity contribution in [1.82, 2.24) is 24.7 Å². The molecule has 148 valence electrons. The Balaban J connectivity index is 1.46. The zero-order chi connectivity index (χ0) is 20.2. The number of carbonyl (C=O) groups is 2. The molecule has 0 spiro atoms. The van der Waals surface area contributed by atoms with E-state index in [9.17, 15) is 9.59 Å². The lowest BCUT2D eigenvalue weighted by Gasteiger charge is -2.32. The fourth-order valence-corrected chi connectivity index (χ4v) is 3.42. The van der Waals surface area contributed by atoms with Gasteiger partial charge >= 0.3 is 0 Å². The van der Waals surface area contributed by atoms with Crippen LogP contribution in [0.2, 0.25) is 0 Å². The van der Waals surface area contributed by atoms with Crippen LogP contribution in [0, 0.1) is 5.92 Å². The number of nitrogens with zero attached hydrogens (tertiary/aromatic N) is 6. The molecule has 1 unspecified atom stereocenters. The minimum Gasteiger partial charge on any atom is -0.356 e. The van der Waals surface area contributed by atoms with Crippen LogP contribution in [0.3, 0.4) is 0 Å². The number of nitrogens with one attached hydrogen (secondary N) is 1. The molecule has 29 heavy (non-hydrogen) atoms. The van der Waals surface area contributed by atoms with Crippen LogP contribution in [-0.4, -0.2) is 49.5 Å². The molecule has 0 aliphatic carbocycles. The van der Waals surface area contributed by atoms with Gasteiger partial charge in [0.05, 0.1) is 5.92 Å². The molecule has 2 aromatic heterocycles. The summed E-state index contributed by atoms with van der Waals surface area (Å²) in [7, 11) is 0. The molecule has 1 atom stereocenters. The van der Waals surface area contributed by atoms with Crippen molar-refractivity contribution in [3.05, 3.63) is 54.9 Å². The van der Waals surface area contributed by atoms with E-state index < -0.39 is 0 Å². The van der Waals surface area contributed by atoms with Gasteiger partial charge < -0.3 is 10.2 Å². The maximum Gasteiger partial charge on any atom is 0.229 e. The maximum atomic E-state index is 12.8. The molecular formula is C20H21N7O2. The normalized spacial score (nSPS) is 16.4. The second kappa shape index (κ2) is 8.17. The van der Waals surface area contributed by atoms with Crippen molar-refractivity contribution < 1.29 is 9.59 Å². The van der Waals surface area contributed by atoms with Gasteiger partial charge in [-0.2, -0.15) is 5.10 Å². The van der Waals surface area contributed by atoms with Crippen LogP contribution >= 0.6 is 0 Å². The van der Waals surface area contributed by atoms with E-state index >= 15 is 0 Å². The number of rotatable bonds is 5. The van der Waals surface area contributed by atoms with Gasteiger partial charge in [-0.05, 0) is 31.9 Å². The van der Waals surface area contributed by atoms with Crippen molar-refractivity contribution in [2.24, 2.45) is 5.92 Å². The van der Waals surface area contributed by atoms with Gasteiger partial charge in [0, 0.05) is 30.4 Å². The van der Waals surface area contributed by atoms with Gasteiger partial charge in [0.25, 0.3) is 0 Å². The predicted molar refractivity (Wildman–Crippen MR) is 107 cm³/mol. The SMILES string of the molecule is CC(=O)c1cccc(NC(=O)C2CCCN(c3cc(-n4cncn4)ncn3)C2)c1. The van der Waals surface area contributed by atoms with Crippen LogP contribution in [0.5, 0.6) is 0 Å². The summed E-state index contributed by atoms with van der Waals surface area (Å²) in [5.41, 5.74) is 1.21. The van der Waals surface area contributed by atoms with Crippen molar-refractivity contribution in [2.75, 3.05) is 23.3 Å². The van der Waals surface area contributed by atoms with Gasteiger partial charge in [-0.3, -0.25) is 9.59 Å². The summed E-state index contributed by atoms with van der Waals surface area (Å²) in [5, 5.41) is 7.03. The van der Waals surface area contributed by atoms with Crippen LogP contribution in [0.4, 0.5) is 11.5 Å². The third kappa shape index (κ3) is 4.29. The largest absolute Gasteiger partial charge is 0.356 e. The summed E-state index contributed by atoms with van der Waals surface area (Å²) >= 11 is 0. The van der Waals surface area contributed by atoms with Gasteiger partial charge in [-0.15, -0.1) is 0 Å². The molecule has 1 aliphatic rings. The Labute approximate surface area is 167 Å². The molecule has 3 aromatic rings. The average molecular weight is 391 g/mol. The second-order valence-electron chi connectivity index (χ2n) is 6.99. The summed E-state index contributed by atoms with van der Waals surface area (Å²) < 4.78 is 1.57. The molecule has 1 aromatic carbocycles. The number of piperidine rings is 1. The number of Topliss-reactive ketones (excluding diaryl/α,β-unsaturated/α-hetero) is 1. The number of hydrogen-bond acceptors (Lipinski definition) is 7. The lowest BCUT2D eigenvalue weighted by atomic mass is 9.97. The van der Waals surface area contributed by atoms with Crippen LogP contribution in [0.15, 0.2) is 49.3 Å². The van der Waals surface area contributed by atoms with Crippen molar-refractivity contribution in [2.45, 2.75) is 19.8 Å². The van der Waals surface area contributed by atoms with Crippen LogP contribution in [0.25, 0.3) is 5.82 Å². The zero-order valence-corrected chi connectivity index (χ0v) is 16.0. The first-order chi connectivity index (χ1) is 14.1. The van der Waals surface area contributed by atoms with Crippen LogP contribution in [0.1, 0.15) is 30.1 Å². The van der Waals surface area contributed by atoms with E-state index in [-0.39, 0.29) is 17.6 Å². The third-order valence-electron chi connectivity index (χ3n) is 4.94. The molecule has 0 radical (unpaired) electrons. The molecule has 1 amide bonds. The lowest BCUT2D eigenvalue weighted by molar-refractivity contribution is -0.120. The minimum absolute atomic E-state index is 0.0307. The zero-order valence-electron chi connectivity index (χ0n) is 16.0. The monoisotopic (exact) mass is 391 g/mol. The minimum atomic E-state index is -0.172. The Morgan fingerprint density at radius 2 is 2.00 bits per heavy atom. The highest BCUT2D eigenvalue weighted by molar-refractivity contribution is 5.97. The van der Waals surface area contributed by atoms with Gasteiger partial charge in [-0.1, -0.05) is 12.1 Å².